The van der Waals surface area contributed by atoms with Crippen LogP contribution >= 0.6 is 0 Å². The standard InChI is InChI=1S/C24H22N4O3S/c1-18-12-13-21(32(30,31)25-17-19-8-4-2-5-9-19)16-22(18)24(29)26-23-14-15-28(27-23)20-10-6-3-7-11-20/h2-16,25H,17H2,1H3,(H,26,27,29). The Morgan fingerprint density at radius 3 is 2.34 bits per heavy atom. The predicted molar refractivity (Wildman–Crippen MR) is 123 cm³/mol. The van der Waals surface area contributed by atoms with Gasteiger partial charge in [0.2, 0.25) is 10.0 Å². The van der Waals surface area contributed by atoms with Crippen molar-refractivity contribution in [3.8, 4) is 5.69 Å². The molecule has 1 amide bonds. The van der Waals surface area contributed by atoms with Gasteiger partial charge in [0, 0.05) is 24.4 Å². The van der Waals surface area contributed by atoms with Crippen molar-refractivity contribution < 1.29 is 13.2 Å². The van der Waals surface area contributed by atoms with Crippen molar-refractivity contribution >= 4 is 21.7 Å². The Bertz CT molecular complexity index is 1330. The summed E-state index contributed by atoms with van der Waals surface area (Å²) in [6, 6.07) is 24.9. The van der Waals surface area contributed by atoms with E-state index >= 15 is 0 Å². The van der Waals surface area contributed by atoms with E-state index in [1.165, 1.54) is 12.1 Å². The molecule has 0 aliphatic heterocycles. The van der Waals surface area contributed by atoms with Crippen LogP contribution in [-0.2, 0) is 16.6 Å². The van der Waals surface area contributed by atoms with Gasteiger partial charge in [-0.3, -0.25) is 4.79 Å². The van der Waals surface area contributed by atoms with Crippen LogP contribution in [0.25, 0.3) is 5.69 Å². The number of hydrogen-bond acceptors (Lipinski definition) is 4. The fraction of sp³-hybridized carbons (Fsp3) is 0.0833. The Hall–Kier alpha value is -3.75. The molecule has 4 rings (SSSR count). The number of nitrogens with zero attached hydrogens (tertiary/aromatic N) is 2. The van der Waals surface area contributed by atoms with Gasteiger partial charge in [0.05, 0.1) is 10.6 Å². The van der Waals surface area contributed by atoms with Gasteiger partial charge in [-0.05, 0) is 42.3 Å². The quantitative estimate of drug-likeness (QED) is 0.450. The van der Waals surface area contributed by atoms with Gasteiger partial charge in [0.1, 0.15) is 0 Å². The molecule has 4 aromatic rings. The van der Waals surface area contributed by atoms with E-state index in [-0.39, 0.29) is 17.0 Å². The number of nitrogens with one attached hydrogen (secondary N) is 2. The van der Waals surface area contributed by atoms with E-state index in [2.05, 4.69) is 15.1 Å². The maximum atomic E-state index is 12.9. The van der Waals surface area contributed by atoms with Gasteiger partial charge >= 0.3 is 0 Å². The van der Waals surface area contributed by atoms with Crippen molar-refractivity contribution in [3.63, 3.8) is 0 Å². The van der Waals surface area contributed by atoms with Crippen molar-refractivity contribution in [1.29, 1.82) is 0 Å². The zero-order chi connectivity index (χ0) is 22.6. The number of aromatic nitrogens is 2. The van der Waals surface area contributed by atoms with Crippen LogP contribution in [0.4, 0.5) is 5.82 Å². The highest BCUT2D eigenvalue weighted by Gasteiger charge is 2.18. The molecule has 1 aromatic heterocycles. The lowest BCUT2D eigenvalue weighted by molar-refractivity contribution is 0.102. The van der Waals surface area contributed by atoms with Crippen LogP contribution in [0, 0.1) is 6.92 Å². The number of para-hydroxylation sites is 1. The van der Waals surface area contributed by atoms with Gasteiger partial charge in [0.15, 0.2) is 5.82 Å². The fourth-order valence-corrected chi connectivity index (χ4v) is 4.21. The van der Waals surface area contributed by atoms with Crippen LogP contribution < -0.4 is 10.0 Å². The number of amides is 1. The van der Waals surface area contributed by atoms with E-state index in [0.29, 0.717) is 11.4 Å². The number of hydrogen-bond donors (Lipinski definition) is 2. The lowest BCUT2D eigenvalue weighted by Gasteiger charge is -2.11. The molecule has 0 saturated heterocycles. The maximum Gasteiger partial charge on any atom is 0.257 e. The monoisotopic (exact) mass is 446 g/mol. The number of carbonyl (C=O) groups excluding carboxylic acids is 1. The van der Waals surface area contributed by atoms with Crippen molar-refractivity contribution in [1.82, 2.24) is 14.5 Å². The third kappa shape index (κ3) is 4.93. The maximum absolute atomic E-state index is 12.9. The summed E-state index contributed by atoms with van der Waals surface area (Å²) in [4.78, 5) is 12.9. The summed E-state index contributed by atoms with van der Waals surface area (Å²) < 4.78 is 29.7. The van der Waals surface area contributed by atoms with E-state index in [1.54, 1.807) is 29.9 Å². The average Bonchev–Trinajstić information content (AvgIpc) is 3.27. The second-order valence-corrected chi connectivity index (χ2v) is 8.99. The predicted octanol–water partition coefficient (Wildman–Crippen LogP) is 3.91. The van der Waals surface area contributed by atoms with Crippen molar-refractivity contribution in [2.45, 2.75) is 18.4 Å². The Balaban J connectivity index is 1.51. The Labute approximate surface area is 186 Å². The van der Waals surface area contributed by atoms with E-state index in [9.17, 15) is 13.2 Å². The number of aryl methyl sites for hydroxylation is 1. The van der Waals surface area contributed by atoms with Crippen molar-refractivity contribution in [2.24, 2.45) is 0 Å². The summed E-state index contributed by atoms with van der Waals surface area (Å²) in [5, 5.41) is 7.10. The van der Waals surface area contributed by atoms with Gasteiger partial charge in [-0.25, -0.2) is 17.8 Å². The van der Waals surface area contributed by atoms with Gasteiger partial charge < -0.3 is 5.32 Å². The summed E-state index contributed by atoms with van der Waals surface area (Å²) in [6.07, 6.45) is 1.74. The smallest absolute Gasteiger partial charge is 0.257 e. The van der Waals surface area contributed by atoms with E-state index in [4.69, 9.17) is 0 Å². The molecule has 1 heterocycles. The molecule has 32 heavy (non-hydrogen) atoms. The van der Waals surface area contributed by atoms with Gasteiger partial charge in [0.25, 0.3) is 5.91 Å². The van der Waals surface area contributed by atoms with Gasteiger partial charge in [-0.1, -0.05) is 54.6 Å². The average molecular weight is 447 g/mol. The highest BCUT2D eigenvalue weighted by Crippen LogP contribution is 2.18. The van der Waals surface area contributed by atoms with Crippen LogP contribution in [0.2, 0.25) is 0 Å². The minimum absolute atomic E-state index is 0.0268. The zero-order valence-electron chi connectivity index (χ0n) is 17.4. The number of rotatable bonds is 7. The highest BCUT2D eigenvalue weighted by molar-refractivity contribution is 7.89. The first-order valence-electron chi connectivity index (χ1n) is 9.99. The molecule has 3 aromatic carbocycles. The molecule has 0 aliphatic rings. The van der Waals surface area contributed by atoms with Crippen LogP contribution in [-0.4, -0.2) is 24.1 Å². The molecular formula is C24H22N4O3S. The molecule has 0 saturated carbocycles. The summed E-state index contributed by atoms with van der Waals surface area (Å²) in [6.45, 7) is 1.92. The van der Waals surface area contributed by atoms with Gasteiger partial charge in [-0.2, -0.15) is 5.10 Å². The number of benzene rings is 3. The second kappa shape index (κ2) is 9.17. The van der Waals surface area contributed by atoms with E-state index in [1.807, 2.05) is 60.7 Å². The number of sulfonamides is 1. The molecular weight excluding hydrogens is 424 g/mol. The molecule has 162 valence electrons. The van der Waals surface area contributed by atoms with Crippen LogP contribution in [0.3, 0.4) is 0 Å². The van der Waals surface area contributed by atoms with Gasteiger partial charge in [-0.15, -0.1) is 0 Å². The topological polar surface area (TPSA) is 93.1 Å². The van der Waals surface area contributed by atoms with Crippen molar-refractivity contribution in [3.05, 3.63) is 108 Å². The van der Waals surface area contributed by atoms with Crippen LogP contribution in [0.15, 0.2) is 96.0 Å². The molecule has 0 aliphatic carbocycles. The molecule has 0 fully saturated rings. The van der Waals surface area contributed by atoms with E-state index < -0.39 is 15.9 Å². The summed E-state index contributed by atoms with van der Waals surface area (Å²) in [7, 11) is -3.79. The third-order valence-corrected chi connectivity index (χ3v) is 6.32. The zero-order valence-corrected chi connectivity index (χ0v) is 18.2. The summed E-state index contributed by atoms with van der Waals surface area (Å²) in [5.74, 6) is -0.0605. The fourth-order valence-electron chi connectivity index (χ4n) is 3.17. The van der Waals surface area contributed by atoms with Crippen LogP contribution in [0.1, 0.15) is 21.5 Å². The third-order valence-electron chi connectivity index (χ3n) is 4.92. The molecule has 0 radical (unpaired) electrons. The van der Waals surface area contributed by atoms with E-state index in [0.717, 1.165) is 11.3 Å². The number of carbonyl (C=O) groups is 1. The largest absolute Gasteiger partial charge is 0.305 e. The first-order valence-corrected chi connectivity index (χ1v) is 11.5. The molecule has 8 heteroatoms. The Kier molecular flexibility index (Phi) is 6.16. The summed E-state index contributed by atoms with van der Waals surface area (Å²) >= 11 is 0. The molecule has 2 N–H and O–H groups in total. The van der Waals surface area contributed by atoms with Crippen LogP contribution in [0.5, 0.6) is 0 Å². The second-order valence-electron chi connectivity index (χ2n) is 7.22. The highest BCUT2D eigenvalue weighted by atomic mass is 32.2. The first kappa shape index (κ1) is 21.5. The van der Waals surface area contributed by atoms with Crippen molar-refractivity contribution in [2.75, 3.05) is 5.32 Å². The Morgan fingerprint density at radius 2 is 1.62 bits per heavy atom. The number of anilines is 1. The normalized spacial score (nSPS) is 11.3. The molecule has 7 nitrogen and oxygen atoms in total. The lowest BCUT2D eigenvalue weighted by Crippen LogP contribution is -2.24. The SMILES string of the molecule is Cc1ccc(S(=O)(=O)NCc2ccccc2)cc1C(=O)Nc1ccn(-c2ccccc2)n1. The minimum atomic E-state index is -3.79. The molecule has 0 bridgehead atoms. The lowest BCUT2D eigenvalue weighted by atomic mass is 10.1. The molecule has 0 spiro atoms. The molecule has 0 unspecified atom stereocenters. The Morgan fingerprint density at radius 1 is 0.938 bits per heavy atom. The first-order chi connectivity index (χ1) is 15.4. The minimum Gasteiger partial charge on any atom is -0.305 e. The molecule has 0 atom stereocenters. The summed E-state index contributed by atoms with van der Waals surface area (Å²) in [5.41, 5.74) is 2.63.